The molecule has 0 bridgehead atoms. The van der Waals surface area contributed by atoms with Gasteiger partial charge in [-0.15, -0.1) is 10.2 Å². The Morgan fingerprint density at radius 3 is 2.64 bits per heavy atom. The Balaban J connectivity index is 1.73. The van der Waals surface area contributed by atoms with Crippen LogP contribution >= 0.6 is 11.8 Å². The molecule has 2 aromatic carbocycles. The van der Waals surface area contributed by atoms with Gasteiger partial charge in [0.15, 0.2) is 11.0 Å². The fourth-order valence-electron chi connectivity index (χ4n) is 3.02. The fraction of sp³-hybridized carbons (Fsp3) is 0.318. The van der Waals surface area contributed by atoms with Gasteiger partial charge in [0.1, 0.15) is 0 Å². The van der Waals surface area contributed by atoms with E-state index >= 15 is 0 Å². The third-order valence-corrected chi connectivity index (χ3v) is 5.62. The smallest absolute Gasteiger partial charge is 0.234 e. The summed E-state index contributed by atoms with van der Waals surface area (Å²) in [7, 11) is 0. The SMILES string of the molecule is CCCn1c(SCC(=O)Nc2cccc(C)c2C)nnc1-c1cccc(C)c1. The monoisotopic (exact) mass is 394 g/mol. The largest absolute Gasteiger partial charge is 0.325 e. The summed E-state index contributed by atoms with van der Waals surface area (Å²) >= 11 is 1.42. The van der Waals surface area contributed by atoms with Gasteiger partial charge in [0.2, 0.25) is 5.91 Å². The van der Waals surface area contributed by atoms with Gasteiger partial charge in [-0.3, -0.25) is 4.79 Å². The summed E-state index contributed by atoms with van der Waals surface area (Å²) in [6, 6.07) is 14.2. The normalized spacial score (nSPS) is 10.9. The molecule has 0 aliphatic rings. The zero-order chi connectivity index (χ0) is 20.1. The minimum atomic E-state index is -0.0399. The number of carbonyl (C=O) groups is 1. The molecule has 0 fully saturated rings. The van der Waals surface area contributed by atoms with Crippen LogP contribution in [0.4, 0.5) is 5.69 Å². The van der Waals surface area contributed by atoms with Crippen LogP contribution in [0.5, 0.6) is 0 Å². The van der Waals surface area contributed by atoms with Crippen molar-refractivity contribution in [3.8, 4) is 11.4 Å². The third kappa shape index (κ3) is 4.62. The molecular formula is C22H26N4OS. The first-order valence-electron chi connectivity index (χ1n) is 9.48. The second-order valence-corrected chi connectivity index (χ2v) is 7.85. The maximum Gasteiger partial charge on any atom is 0.234 e. The molecule has 3 aromatic rings. The molecule has 1 aromatic heterocycles. The van der Waals surface area contributed by atoms with Gasteiger partial charge in [0.05, 0.1) is 5.75 Å². The summed E-state index contributed by atoms with van der Waals surface area (Å²) in [5.74, 6) is 1.10. The van der Waals surface area contributed by atoms with Crippen molar-refractivity contribution < 1.29 is 4.79 Å². The van der Waals surface area contributed by atoms with Gasteiger partial charge < -0.3 is 9.88 Å². The predicted molar refractivity (Wildman–Crippen MR) is 116 cm³/mol. The zero-order valence-corrected chi connectivity index (χ0v) is 17.6. The van der Waals surface area contributed by atoms with Crippen LogP contribution in [0.15, 0.2) is 47.6 Å². The summed E-state index contributed by atoms with van der Waals surface area (Å²) in [5.41, 5.74) is 5.35. The van der Waals surface area contributed by atoms with Crippen molar-refractivity contribution in [2.45, 2.75) is 45.8 Å². The Kier molecular flexibility index (Phi) is 6.52. The number of rotatable bonds is 7. The van der Waals surface area contributed by atoms with Gasteiger partial charge in [-0.1, -0.05) is 54.6 Å². The predicted octanol–water partition coefficient (Wildman–Crippen LogP) is 5.01. The average Bonchev–Trinajstić information content (AvgIpc) is 3.07. The molecule has 1 amide bonds. The molecule has 28 heavy (non-hydrogen) atoms. The number of aryl methyl sites for hydroxylation is 2. The van der Waals surface area contributed by atoms with Gasteiger partial charge in [0.25, 0.3) is 0 Å². The lowest BCUT2D eigenvalue weighted by atomic mass is 10.1. The molecule has 6 heteroatoms. The molecule has 0 unspecified atom stereocenters. The highest BCUT2D eigenvalue weighted by molar-refractivity contribution is 7.99. The molecule has 3 rings (SSSR count). The number of nitrogens with one attached hydrogen (secondary N) is 1. The minimum Gasteiger partial charge on any atom is -0.325 e. The first-order valence-corrected chi connectivity index (χ1v) is 10.5. The summed E-state index contributed by atoms with van der Waals surface area (Å²) in [5, 5.41) is 12.5. The standard InChI is InChI=1S/C22H26N4OS/c1-5-12-26-21(18-10-6-8-15(2)13-18)24-25-22(26)28-14-20(27)23-19-11-7-9-16(3)17(19)4/h6-11,13H,5,12,14H2,1-4H3,(H,23,27). The Labute approximate surface area is 170 Å². The van der Waals surface area contributed by atoms with Crippen LogP contribution in [0, 0.1) is 20.8 Å². The van der Waals surface area contributed by atoms with Crippen LogP contribution in [0.3, 0.4) is 0 Å². The molecule has 0 atom stereocenters. The first-order chi connectivity index (χ1) is 13.5. The van der Waals surface area contributed by atoms with E-state index in [1.165, 1.54) is 17.3 Å². The highest BCUT2D eigenvalue weighted by Crippen LogP contribution is 2.25. The fourth-order valence-corrected chi connectivity index (χ4v) is 3.79. The number of benzene rings is 2. The second kappa shape index (κ2) is 9.06. The van der Waals surface area contributed by atoms with Gasteiger partial charge in [-0.05, 0) is 50.5 Å². The lowest BCUT2D eigenvalue weighted by Gasteiger charge is -2.11. The van der Waals surface area contributed by atoms with Crippen molar-refractivity contribution in [2.75, 3.05) is 11.1 Å². The van der Waals surface area contributed by atoms with E-state index in [0.29, 0.717) is 5.75 Å². The van der Waals surface area contributed by atoms with Crippen LogP contribution < -0.4 is 5.32 Å². The number of thioether (sulfide) groups is 1. The van der Waals surface area contributed by atoms with Crippen molar-refractivity contribution in [3.05, 3.63) is 59.2 Å². The molecule has 0 spiro atoms. The van der Waals surface area contributed by atoms with E-state index in [1.807, 2.05) is 44.2 Å². The van der Waals surface area contributed by atoms with E-state index in [-0.39, 0.29) is 5.91 Å². The van der Waals surface area contributed by atoms with Crippen molar-refractivity contribution in [2.24, 2.45) is 0 Å². The number of amides is 1. The molecule has 5 nitrogen and oxygen atoms in total. The number of hydrogen-bond acceptors (Lipinski definition) is 4. The molecule has 1 heterocycles. The van der Waals surface area contributed by atoms with Gasteiger partial charge in [-0.2, -0.15) is 0 Å². The molecule has 0 saturated carbocycles. The lowest BCUT2D eigenvalue weighted by molar-refractivity contribution is -0.113. The second-order valence-electron chi connectivity index (χ2n) is 6.91. The topological polar surface area (TPSA) is 59.8 Å². The molecule has 0 aliphatic carbocycles. The summed E-state index contributed by atoms with van der Waals surface area (Å²) in [4.78, 5) is 12.5. The lowest BCUT2D eigenvalue weighted by Crippen LogP contribution is -2.15. The number of aromatic nitrogens is 3. The number of hydrogen-bond donors (Lipinski definition) is 1. The van der Waals surface area contributed by atoms with Gasteiger partial charge in [-0.25, -0.2) is 0 Å². The van der Waals surface area contributed by atoms with Gasteiger partial charge >= 0.3 is 0 Å². The van der Waals surface area contributed by atoms with E-state index in [2.05, 4.69) is 46.1 Å². The van der Waals surface area contributed by atoms with Gasteiger partial charge in [0, 0.05) is 17.8 Å². The van der Waals surface area contributed by atoms with E-state index in [4.69, 9.17) is 0 Å². The first kappa shape index (κ1) is 20.1. The Morgan fingerprint density at radius 2 is 1.89 bits per heavy atom. The quantitative estimate of drug-likeness (QED) is 0.572. The highest BCUT2D eigenvalue weighted by Gasteiger charge is 2.15. The summed E-state index contributed by atoms with van der Waals surface area (Å²) in [6.45, 7) is 9.07. The van der Waals surface area contributed by atoms with Crippen LogP contribution in [-0.4, -0.2) is 26.4 Å². The highest BCUT2D eigenvalue weighted by atomic mass is 32.2. The summed E-state index contributed by atoms with van der Waals surface area (Å²) in [6.07, 6.45) is 0.971. The van der Waals surface area contributed by atoms with Crippen molar-refractivity contribution in [1.29, 1.82) is 0 Å². The Bertz CT molecular complexity index is 980. The van der Waals surface area contributed by atoms with E-state index in [9.17, 15) is 4.79 Å². The van der Waals surface area contributed by atoms with Crippen molar-refractivity contribution in [3.63, 3.8) is 0 Å². The Morgan fingerprint density at radius 1 is 1.11 bits per heavy atom. The van der Waals surface area contributed by atoms with Crippen molar-refractivity contribution in [1.82, 2.24) is 14.8 Å². The number of carbonyl (C=O) groups excluding carboxylic acids is 1. The van der Waals surface area contributed by atoms with Crippen LogP contribution in [0.25, 0.3) is 11.4 Å². The number of anilines is 1. The molecular weight excluding hydrogens is 368 g/mol. The molecule has 0 saturated heterocycles. The van der Waals surface area contributed by atoms with Crippen LogP contribution in [-0.2, 0) is 11.3 Å². The molecule has 1 N–H and O–H groups in total. The van der Waals surface area contributed by atoms with Crippen LogP contribution in [0.2, 0.25) is 0 Å². The minimum absolute atomic E-state index is 0.0399. The van der Waals surface area contributed by atoms with E-state index < -0.39 is 0 Å². The molecule has 146 valence electrons. The maximum atomic E-state index is 12.5. The zero-order valence-electron chi connectivity index (χ0n) is 16.8. The number of nitrogens with zero attached hydrogens (tertiary/aromatic N) is 3. The van der Waals surface area contributed by atoms with Crippen LogP contribution in [0.1, 0.15) is 30.0 Å². The third-order valence-electron chi connectivity index (χ3n) is 4.65. The molecule has 0 aliphatic heterocycles. The average molecular weight is 395 g/mol. The molecule has 0 radical (unpaired) electrons. The maximum absolute atomic E-state index is 12.5. The Hall–Kier alpha value is -2.60. The summed E-state index contributed by atoms with van der Waals surface area (Å²) < 4.78 is 2.10. The van der Waals surface area contributed by atoms with Crippen molar-refractivity contribution >= 4 is 23.4 Å². The van der Waals surface area contributed by atoms with E-state index in [0.717, 1.165) is 46.3 Å². The van der Waals surface area contributed by atoms with E-state index in [1.54, 1.807) is 0 Å².